The number of carbonyl (C=O) groups is 3. The lowest BCUT2D eigenvalue weighted by Gasteiger charge is -2.71. The molecule has 0 saturated heterocycles. The molecule has 0 aromatic carbocycles. The number of aliphatic carboxylic acids is 1. The first-order valence-electron chi connectivity index (χ1n) is 13.6. The molecule has 0 aromatic heterocycles. The van der Waals surface area contributed by atoms with Crippen LogP contribution in [0.5, 0.6) is 0 Å². The molecule has 0 amide bonds. The van der Waals surface area contributed by atoms with Gasteiger partial charge in [-0.1, -0.05) is 39.3 Å². The van der Waals surface area contributed by atoms with E-state index >= 15 is 0 Å². The summed E-state index contributed by atoms with van der Waals surface area (Å²) in [6, 6.07) is 0. The SMILES string of the molecule is CC1(C)C=C2[C@H]3CC[C@@H]4[C@@]5(C)CCC(=O)C(C)(C(=O)O)C5CC[C@@]4(C)[C@]3(C)CC[C@@]2(C)CC1=O. The molecule has 0 aliphatic heterocycles. The molecule has 0 aromatic rings. The summed E-state index contributed by atoms with van der Waals surface area (Å²) < 4.78 is 0. The van der Waals surface area contributed by atoms with E-state index in [1.165, 1.54) is 5.57 Å². The van der Waals surface area contributed by atoms with Gasteiger partial charge in [-0.15, -0.1) is 0 Å². The second-order valence-corrected chi connectivity index (χ2v) is 14.5. The van der Waals surface area contributed by atoms with Crippen LogP contribution in [0.4, 0.5) is 0 Å². The molecule has 4 fully saturated rings. The van der Waals surface area contributed by atoms with Crippen LogP contribution in [0.3, 0.4) is 0 Å². The monoisotopic (exact) mass is 468 g/mol. The van der Waals surface area contributed by atoms with Crippen LogP contribution in [-0.2, 0) is 14.4 Å². The highest BCUT2D eigenvalue weighted by atomic mass is 16.4. The van der Waals surface area contributed by atoms with Crippen molar-refractivity contribution in [1.82, 2.24) is 0 Å². The first-order valence-corrected chi connectivity index (χ1v) is 13.6. The van der Waals surface area contributed by atoms with Gasteiger partial charge in [0.25, 0.3) is 0 Å². The molecular weight excluding hydrogens is 424 g/mol. The molecule has 8 atom stereocenters. The second-order valence-electron chi connectivity index (χ2n) is 14.5. The zero-order valence-corrected chi connectivity index (χ0v) is 22.3. The van der Waals surface area contributed by atoms with Crippen LogP contribution in [0.25, 0.3) is 0 Å². The first-order chi connectivity index (χ1) is 15.6. The van der Waals surface area contributed by atoms with Gasteiger partial charge in [0.15, 0.2) is 0 Å². The van der Waals surface area contributed by atoms with E-state index in [2.05, 4.69) is 47.6 Å². The number of rotatable bonds is 1. The number of Topliss-reactive ketones (excluding diaryl/α,β-unsaturated/α-hetero) is 2. The number of carboxylic acid groups (broad SMARTS) is 1. The Morgan fingerprint density at radius 2 is 1.50 bits per heavy atom. The maximum atomic E-state index is 12.9. The van der Waals surface area contributed by atoms with Crippen LogP contribution in [0.15, 0.2) is 11.6 Å². The van der Waals surface area contributed by atoms with Crippen molar-refractivity contribution in [2.45, 2.75) is 106 Å². The van der Waals surface area contributed by atoms with Crippen molar-refractivity contribution in [3.05, 3.63) is 11.6 Å². The highest BCUT2D eigenvalue weighted by molar-refractivity contribution is 6.03. The highest BCUT2D eigenvalue weighted by Crippen LogP contribution is 2.76. The Labute approximate surface area is 205 Å². The number of hydrogen-bond acceptors (Lipinski definition) is 3. The molecule has 0 heterocycles. The van der Waals surface area contributed by atoms with Gasteiger partial charge in [-0.05, 0) is 105 Å². The van der Waals surface area contributed by atoms with Gasteiger partial charge in [0, 0.05) is 18.3 Å². The van der Waals surface area contributed by atoms with E-state index in [4.69, 9.17) is 0 Å². The predicted octanol–water partition coefficient (Wildman–Crippen LogP) is 6.62. The van der Waals surface area contributed by atoms with Crippen molar-refractivity contribution < 1.29 is 19.5 Å². The van der Waals surface area contributed by atoms with E-state index in [9.17, 15) is 19.5 Å². The van der Waals surface area contributed by atoms with E-state index in [1.54, 1.807) is 6.92 Å². The number of ketones is 2. The third-order valence-electron chi connectivity index (χ3n) is 12.8. The summed E-state index contributed by atoms with van der Waals surface area (Å²) in [5, 5.41) is 10.2. The molecule has 5 aliphatic carbocycles. The number of hydrogen-bond donors (Lipinski definition) is 1. The van der Waals surface area contributed by atoms with Crippen LogP contribution in [-0.4, -0.2) is 22.6 Å². The Balaban J connectivity index is 1.58. The molecule has 4 heteroatoms. The smallest absolute Gasteiger partial charge is 0.317 e. The van der Waals surface area contributed by atoms with Gasteiger partial charge in [-0.2, -0.15) is 0 Å². The topological polar surface area (TPSA) is 71.4 Å². The van der Waals surface area contributed by atoms with Crippen molar-refractivity contribution in [3.8, 4) is 0 Å². The molecule has 0 spiro atoms. The maximum Gasteiger partial charge on any atom is 0.317 e. The van der Waals surface area contributed by atoms with E-state index < -0.39 is 11.4 Å². The minimum atomic E-state index is -1.26. The fraction of sp³-hybridized carbons (Fsp3) is 0.833. The normalized spacial score (nSPS) is 52.0. The van der Waals surface area contributed by atoms with Crippen molar-refractivity contribution in [2.75, 3.05) is 0 Å². The predicted molar refractivity (Wildman–Crippen MR) is 132 cm³/mol. The van der Waals surface area contributed by atoms with Crippen LogP contribution < -0.4 is 0 Å². The highest BCUT2D eigenvalue weighted by Gasteiger charge is 2.70. The molecule has 5 aliphatic rings. The Hall–Kier alpha value is -1.45. The molecule has 1 N–H and O–H groups in total. The van der Waals surface area contributed by atoms with Gasteiger partial charge in [-0.3, -0.25) is 14.4 Å². The standard InChI is InChI=1S/C30H44O4/c1-25(2)16-19-18-8-9-20-27(4)12-11-22(31)30(7,24(33)34)21(27)10-13-29(20,6)28(18,5)15-14-26(19,3)17-23(25)32/h16,18,20-21H,8-15,17H2,1-7H3,(H,33,34)/t18-,20-,21?,26+,27-,28-,29-,30?/m1/s1. The lowest BCUT2D eigenvalue weighted by molar-refractivity contribution is -0.216. The summed E-state index contributed by atoms with van der Waals surface area (Å²) in [5.41, 5.74) is -0.0116. The van der Waals surface area contributed by atoms with Crippen molar-refractivity contribution in [3.63, 3.8) is 0 Å². The Morgan fingerprint density at radius 3 is 2.15 bits per heavy atom. The van der Waals surface area contributed by atoms with Crippen molar-refractivity contribution in [1.29, 1.82) is 0 Å². The lowest BCUT2D eigenvalue weighted by Crippen LogP contribution is -2.66. The van der Waals surface area contributed by atoms with Crippen LogP contribution in [0.1, 0.15) is 106 Å². The largest absolute Gasteiger partial charge is 0.480 e. The summed E-state index contributed by atoms with van der Waals surface area (Å²) in [5.74, 6) is 0.195. The average Bonchev–Trinajstić information content (AvgIpc) is 2.73. The lowest BCUT2D eigenvalue weighted by atomic mass is 9.32. The minimum absolute atomic E-state index is 0.0137. The van der Waals surface area contributed by atoms with Gasteiger partial charge < -0.3 is 5.11 Å². The molecule has 0 bridgehead atoms. The van der Waals surface area contributed by atoms with Crippen molar-refractivity contribution >= 4 is 17.5 Å². The summed E-state index contributed by atoms with van der Waals surface area (Å²) in [7, 11) is 0. The number of carboxylic acids is 1. The summed E-state index contributed by atoms with van der Waals surface area (Å²) in [6.45, 7) is 15.5. The average molecular weight is 469 g/mol. The van der Waals surface area contributed by atoms with E-state index in [-0.39, 0.29) is 38.8 Å². The van der Waals surface area contributed by atoms with Gasteiger partial charge >= 0.3 is 5.97 Å². The molecular formula is C30H44O4. The van der Waals surface area contributed by atoms with Crippen LogP contribution in [0.2, 0.25) is 0 Å². The second kappa shape index (κ2) is 6.85. The molecule has 5 rings (SSSR count). The molecule has 4 nitrogen and oxygen atoms in total. The Kier molecular flexibility index (Phi) is 4.89. The van der Waals surface area contributed by atoms with E-state index in [1.807, 2.05) is 0 Å². The zero-order chi connectivity index (χ0) is 25.1. The van der Waals surface area contributed by atoms with Crippen LogP contribution in [0, 0.1) is 50.2 Å². The molecule has 188 valence electrons. The fourth-order valence-electron chi connectivity index (χ4n) is 10.3. The minimum Gasteiger partial charge on any atom is -0.480 e. The van der Waals surface area contributed by atoms with Crippen molar-refractivity contribution in [2.24, 2.45) is 50.2 Å². The molecule has 0 radical (unpaired) electrons. The maximum absolute atomic E-state index is 12.9. The van der Waals surface area contributed by atoms with Gasteiger partial charge in [-0.25, -0.2) is 0 Å². The summed E-state index contributed by atoms with van der Waals surface area (Å²) in [6.07, 6.45) is 10.4. The summed E-state index contributed by atoms with van der Waals surface area (Å²) >= 11 is 0. The third-order valence-corrected chi connectivity index (χ3v) is 12.8. The van der Waals surface area contributed by atoms with Gasteiger partial charge in [0.1, 0.15) is 17.0 Å². The molecule has 4 saturated carbocycles. The quantitative estimate of drug-likeness (QED) is 0.347. The van der Waals surface area contributed by atoms with Crippen LogP contribution >= 0.6 is 0 Å². The van der Waals surface area contributed by atoms with E-state index in [0.29, 0.717) is 30.5 Å². The fourth-order valence-corrected chi connectivity index (χ4v) is 10.3. The third kappa shape index (κ3) is 2.69. The number of carbonyl (C=O) groups excluding carboxylic acids is 2. The Morgan fingerprint density at radius 1 is 0.824 bits per heavy atom. The molecule has 34 heavy (non-hydrogen) atoms. The first kappa shape index (κ1) is 24.3. The summed E-state index contributed by atoms with van der Waals surface area (Å²) in [4.78, 5) is 38.3. The zero-order valence-electron chi connectivity index (χ0n) is 22.3. The van der Waals surface area contributed by atoms with Gasteiger partial charge in [0.05, 0.1) is 0 Å². The number of allylic oxidation sites excluding steroid dienone is 2. The Bertz CT molecular complexity index is 1010. The van der Waals surface area contributed by atoms with E-state index in [0.717, 1.165) is 44.9 Å². The number of fused-ring (bicyclic) bond motifs is 7. The molecule has 2 unspecified atom stereocenters. The van der Waals surface area contributed by atoms with Gasteiger partial charge in [0.2, 0.25) is 0 Å².